The van der Waals surface area contributed by atoms with Gasteiger partial charge in [0, 0.05) is 18.0 Å². The van der Waals surface area contributed by atoms with Crippen molar-refractivity contribution in [1.29, 1.82) is 5.26 Å². The average molecular weight is 410 g/mol. The largest absolute Gasteiger partial charge is 0.466 e. The van der Waals surface area contributed by atoms with Gasteiger partial charge in [-0.3, -0.25) is 4.79 Å². The van der Waals surface area contributed by atoms with Crippen LogP contribution in [0.2, 0.25) is 0 Å². The standard InChI is InChI=1S/C22H22N2O4S/c1-3-28-21(25)6-4-5-17-9-10-18(15-23)20-13-14-24(22(17)20)29(26,27)19-11-7-16(2)8-12-19/h7-14H,3-6H2,1-2H3. The Kier molecular flexibility index (Phi) is 6.04. The molecule has 2 aromatic carbocycles. The summed E-state index contributed by atoms with van der Waals surface area (Å²) in [6.07, 6.45) is 2.75. The van der Waals surface area contributed by atoms with E-state index in [4.69, 9.17) is 4.74 Å². The summed E-state index contributed by atoms with van der Waals surface area (Å²) in [6, 6.07) is 13.9. The second-order valence-corrected chi connectivity index (χ2v) is 8.55. The summed E-state index contributed by atoms with van der Waals surface area (Å²) in [5.74, 6) is -0.278. The maximum atomic E-state index is 13.2. The summed E-state index contributed by atoms with van der Waals surface area (Å²) in [4.78, 5) is 11.8. The van der Waals surface area contributed by atoms with E-state index in [9.17, 15) is 18.5 Å². The highest BCUT2D eigenvalue weighted by Gasteiger charge is 2.22. The fraction of sp³-hybridized carbons (Fsp3) is 0.273. The maximum absolute atomic E-state index is 13.2. The minimum absolute atomic E-state index is 0.181. The normalized spacial score (nSPS) is 11.3. The van der Waals surface area contributed by atoms with E-state index in [1.165, 1.54) is 10.2 Å². The van der Waals surface area contributed by atoms with Gasteiger partial charge in [0.15, 0.2) is 0 Å². The smallest absolute Gasteiger partial charge is 0.305 e. The molecule has 29 heavy (non-hydrogen) atoms. The van der Waals surface area contributed by atoms with Crippen molar-refractivity contribution in [2.24, 2.45) is 0 Å². The molecule has 3 rings (SSSR count). The molecule has 0 aliphatic heterocycles. The van der Waals surface area contributed by atoms with Gasteiger partial charge in [0.1, 0.15) is 0 Å². The van der Waals surface area contributed by atoms with E-state index in [0.29, 0.717) is 35.9 Å². The van der Waals surface area contributed by atoms with Crippen LogP contribution in [0.25, 0.3) is 10.9 Å². The van der Waals surface area contributed by atoms with Gasteiger partial charge in [-0.15, -0.1) is 0 Å². The molecule has 0 radical (unpaired) electrons. The molecule has 6 nitrogen and oxygen atoms in total. The summed E-state index contributed by atoms with van der Waals surface area (Å²) < 4.78 is 32.7. The van der Waals surface area contributed by atoms with Crippen LogP contribution in [0.15, 0.2) is 53.6 Å². The molecule has 0 N–H and O–H groups in total. The molecule has 0 spiro atoms. The fourth-order valence-corrected chi connectivity index (χ4v) is 4.66. The highest BCUT2D eigenvalue weighted by Crippen LogP contribution is 2.29. The zero-order valence-corrected chi connectivity index (χ0v) is 17.2. The van der Waals surface area contributed by atoms with Gasteiger partial charge < -0.3 is 4.74 Å². The second-order valence-electron chi connectivity index (χ2n) is 6.73. The van der Waals surface area contributed by atoms with Crippen molar-refractivity contribution >= 4 is 26.9 Å². The van der Waals surface area contributed by atoms with E-state index in [1.807, 2.05) is 6.92 Å². The van der Waals surface area contributed by atoms with Gasteiger partial charge in [0.05, 0.1) is 28.7 Å². The Bertz CT molecular complexity index is 1190. The number of carbonyl (C=O) groups excluding carboxylic acids is 1. The molecule has 3 aromatic rings. The first-order chi connectivity index (χ1) is 13.9. The third-order valence-electron chi connectivity index (χ3n) is 4.73. The highest BCUT2D eigenvalue weighted by molar-refractivity contribution is 7.90. The van der Waals surface area contributed by atoms with Crippen LogP contribution in [0.3, 0.4) is 0 Å². The van der Waals surface area contributed by atoms with Crippen molar-refractivity contribution in [2.45, 2.75) is 38.0 Å². The summed E-state index contributed by atoms with van der Waals surface area (Å²) >= 11 is 0. The molecule has 0 saturated carbocycles. The van der Waals surface area contributed by atoms with Crippen LogP contribution in [0.4, 0.5) is 0 Å². The van der Waals surface area contributed by atoms with Gasteiger partial charge in [-0.05, 0) is 56.5 Å². The average Bonchev–Trinajstić information content (AvgIpc) is 3.15. The molecule has 0 fully saturated rings. The minimum Gasteiger partial charge on any atom is -0.466 e. The number of hydrogen-bond donors (Lipinski definition) is 0. The van der Waals surface area contributed by atoms with Gasteiger partial charge in [-0.2, -0.15) is 5.26 Å². The Morgan fingerprint density at radius 1 is 1.14 bits per heavy atom. The molecule has 7 heteroatoms. The van der Waals surface area contributed by atoms with Crippen LogP contribution in [-0.4, -0.2) is 25.0 Å². The fourth-order valence-electron chi connectivity index (χ4n) is 3.28. The summed E-state index contributed by atoms with van der Waals surface area (Å²) in [5, 5.41) is 10.0. The monoisotopic (exact) mass is 410 g/mol. The van der Waals surface area contributed by atoms with Crippen LogP contribution in [0, 0.1) is 18.3 Å². The van der Waals surface area contributed by atoms with Crippen molar-refractivity contribution in [3.63, 3.8) is 0 Å². The summed E-state index contributed by atoms with van der Waals surface area (Å²) in [7, 11) is -3.82. The number of esters is 1. The van der Waals surface area contributed by atoms with E-state index in [-0.39, 0.29) is 17.3 Å². The molecule has 0 aliphatic rings. The lowest BCUT2D eigenvalue weighted by molar-refractivity contribution is -0.143. The number of aryl methyl sites for hydroxylation is 2. The lowest BCUT2D eigenvalue weighted by atomic mass is 10.0. The first-order valence-corrected chi connectivity index (χ1v) is 10.8. The first-order valence-electron chi connectivity index (χ1n) is 9.39. The van der Waals surface area contributed by atoms with Crippen LogP contribution < -0.4 is 0 Å². The number of nitrogens with zero attached hydrogens (tertiary/aromatic N) is 2. The molecule has 0 aliphatic carbocycles. The van der Waals surface area contributed by atoms with Gasteiger partial charge in [-0.1, -0.05) is 23.8 Å². The molecular weight excluding hydrogens is 388 g/mol. The molecular formula is C22H22N2O4S. The molecule has 1 heterocycles. The molecule has 1 aromatic heterocycles. The Morgan fingerprint density at radius 3 is 2.52 bits per heavy atom. The number of aromatic nitrogens is 1. The predicted molar refractivity (Wildman–Crippen MR) is 110 cm³/mol. The highest BCUT2D eigenvalue weighted by atomic mass is 32.2. The zero-order valence-electron chi connectivity index (χ0n) is 16.4. The molecule has 0 amide bonds. The summed E-state index contributed by atoms with van der Waals surface area (Å²) in [5.41, 5.74) is 2.62. The van der Waals surface area contributed by atoms with E-state index in [2.05, 4.69) is 6.07 Å². The van der Waals surface area contributed by atoms with Crippen molar-refractivity contribution in [3.05, 3.63) is 65.4 Å². The van der Waals surface area contributed by atoms with Crippen molar-refractivity contribution in [2.75, 3.05) is 6.61 Å². The van der Waals surface area contributed by atoms with E-state index >= 15 is 0 Å². The maximum Gasteiger partial charge on any atom is 0.305 e. The van der Waals surface area contributed by atoms with Gasteiger partial charge in [0.2, 0.25) is 0 Å². The first kappa shape index (κ1) is 20.6. The van der Waals surface area contributed by atoms with Crippen molar-refractivity contribution < 1.29 is 17.9 Å². The van der Waals surface area contributed by atoms with Crippen LogP contribution in [0.1, 0.15) is 36.5 Å². The quantitative estimate of drug-likeness (QED) is 0.550. The van der Waals surface area contributed by atoms with Crippen LogP contribution in [-0.2, 0) is 26.0 Å². The van der Waals surface area contributed by atoms with Crippen molar-refractivity contribution in [1.82, 2.24) is 3.97 Å². The number of ether oxygens (including phenoxy) is 1. The number of carbonyl (C=O) groups is 1. The molecule has 0 atom stereocenters. The number of benzene rings is 2. The Hall–Kier alpha value is -3.11. The predicted octanol–water partition coefficient (Wildman–Crippen LogP) is 3.94. The lowest BCUT2D eigenvalue weighted by Crippen LogP contribution is -2.13. The molecule has 0 saturated heterocycles. The minimum atomic E-state index is -3.82. The summed E-state index contributed by atoms with van der Waals surface area (Å²) in [6.45, 7) is 3.98. The number of nitriles is 1. The number of hydrogen-bond acceptors (Lipinski definition) is 5. The number of fused-ring (bicyclic) bond motifs is 1. The van der Waals surface area contributed by atoms with Crippen molar-refractivity contribution in [3.8, 4) is 6.07 Å². The third kappa shape index (κ3) is 4.17. The van der Waals surface area contributed by atoms with Gasteiger partial charge in [0.25, 0.3) is 10.0 Å². The topological polar surface area (TPSA) is 89.2 Å². The Labute approximate surface area is 170 Å². The zero-order chi connectivity index (χ0) is 21.0. The van der Waals surface area contributed by atoms with Gasteiger partial charge in [-0.25, -0.2) is 12.4 Å². The Balaban J connectivity index is 2.05. The van der Waals surface area contributed by atoms with Crippen LogP contribution in [0.5, 0.6) is 0 Å². The van der Waals surface area contributed by atoms with Gasteiger partial charge >= 0.3 is 5.97 Å². The Morgan fingerprint density at radius 2 is 1.86 bits per heavy atom. The number of rotatable bonds is 7. The van der Waals surface area contributed by atoms with Crippen LogP contribution >= 0.6 is 0 Å². The van der Waals surface area contributed by atoms with E-state index < -0.39 is 10.0 Å². The van der Waals surface area contributed by atoms with E-state index in [0.717, 1.165) is 11.1 Å². The third-order valence-corrected chi connectivity index (χ3v) is 6.42. The second kappa shape index (κ2) is 8.50. The van der Waals surface area contributed by atoms with E-state index in [1.54, 1.807) is 49.4 Å². The molecule has 0 unspecified atom stereocenters. The lowest BCUT2D eigenvalue weighted by Gasteiger charge is -2.12. The SMILES string of the molecule is CCOC(=O)CCCc1ccc(C#N)c2ccn(S(=O)(=O)c3ccc(C)cc3)c12. The molecule has 0 bridgehead atoms. The molecule has 150 valence electrons.